The fourth-order valence-corrected chi connectivity index (χ4v) is 3.62. The van der Waals surface area contributed by atoms with Gasteiger partial charge in [0.15, 0.2) is 0 Å². The van der Waals surface area contributed by atoms with Crippen molar-refractivity contribution in [3.8, 4) is 5.75 Å². The summed E-state index contributed by atoms with van der Waals surface area (Å²) in [5, 5.41) is 3.06. The molecule has 2 amide bonds. The average molecular weight is 386 g/mol. The number of nitrogens with zero attached hydrogens (tertiary/aromatic N) is 1. The van der Waals surface area contributed by atoms with E-state index in [4.69, 9.17) is 4.74 Å². The van der Waals surface area contributed by atoms with Gasteiger partial charge in [-0.2, -0.15) is 0 Å². The summed E-state index contributed by atoms with van der Waals surface area (Å²) in [4.78, 5) is 14.7. The lowest BCUT2D eigenvalue weighted by atomic mass is 10.1. The minimum atomic E-state index is -0.0382. The largest absolute Gasteiger partial charge is 0.489 e. The number of hydrogen-bond donors (Lipinski definition) is 1. The highest BCUT2D eigenvalue weighted by molar-refractivity contribution is 5.92. The highest BCUT2D eigenvalue weighted by Crippen LogP contribution is 2.26. The second-order valence-corrected chi connectivity index (χ2v) is 7.31. The number of amides is 2. The zero-order valence-electron chi connectivity index (χ0n) is 16.5. The van der Waals surface area contributed by atoms with Crippen LogP contribution in [0.3, 0.4) is 0 Å². The number of urea groups is 1. The Bertz CT molecular complexity index is 939. The van der Waals surface area contributed by atoms with Crippen molar-refractivity contribution in [2.24, 2.45) is 0 Å². The Morgan fingerprint density at radius 3 is 2.45 bits per heavy atom. The smallest absolute Gasteiger partial charge is 0.322 e. The molecule has 29 heavy (non-hydrogen) atoms. The van der Waals surface area contributed by atoms with E-state index in [1.807, 2.05) is 77.7 Å². The molecule has 0 saturated carbocycles. The maximum absolute atomic E-state index is 12.8. The zero-order chi connectivity index (χ0) is 19.9. The van der Waals surface area contributed by atoms with Crippen molar-refractivity contribution >= 4 is 11.7 Å². The van der Waals surface area contributed by atoms with Gasteiger partial charge < -0.3 is 10.1 Å². The average Bonchev–Trinajstić information content (AvgIpc) is 3.00. The van der Waals surface area contributed by atoms with E-state index < -0.39 is 0 Å². The van der Waals surface area contributed by atoms with Crippen LogP contribution in [0.4, 0.5) is 10.5 Å². The van der Waals surface area contributed by atoms with Gasteiger partial charge in [-0.05, 0) is 54.2 Å². The third-order valence-corrected chi connectivity index (χ3v) is 5.22. The molecule has 4 nitrogen and oxygen atoms in total. The normalized spacial score (nSPS) is 13.3. The number of hydrogen-bond acceptors (Lipinski definition) is 2. The number of fused-ring (bicyclic) bond motifs is 1. The summed E-state index contributed by atoms with van der Waals surface area (Å²) in [7, 11) is 0. The molecule has 3 aromatic rings. The second-order valence-electron chi connectivity index (χ2n) is 7.31. The van der Waals surface area contributed by atoms with Crippen LogP contribution >= 0.6 is 0 Å². The van der Waals surface area contributed by atoms with Gasteiger partial charge in [-0.3, -0.25) is 4.90 Å². The highest BCUT2D eigenvalue weighted by atomic mass is 16.5. The van der Waals surface area contributed by atoms with Crippen molar-refractivity contribution in [2.75, 3.05) is 11.4 Å². The number of nitrogens with one attached hydrogen (secondary N) is 1. The molecule has 1 heterocycles. The van der Waals surface area contributed by atoms with Crippen molar-refractivity contribution in [1.82, 2.24) is 5.32 Å². The van der Waals surface area contributed by atoms with Crippen LogP contribution in [0.25, 0.3) is 0 Å². The van der Waals surface area contributed by atoms with Crippen LogP contribution in [0.2, 0.25) is 0 Å². The van der Waals surface area contributed by atoms with Crippen molar-refractivity contribution < 1.29 is 9.53 Å². The fraction of sp³-hybridized carbons (Fsp3) is 0.240. The molecule has 0 bridgehead atoms. The van der Waals surface area contributed by atoms with Gasteiger partial charge in [0.25, 0.3) is 0 Å². The van der Waals surface area contributed by atoms with Gasteiger partial charge in [-0.25, -0.2) is 4.79 Å². The molecular weight excluding hydrogens is 360 g/mol. The van der Waals surface area contributed by atoms with Gasteiger partial charge in [0.1, 0.15) is 12.4 Å². The molecule has 0 atom stereocenters. The van der Waals surface area contributed by atoms with Crippen LogP contribution in [0.15, 0.2) is 78.9 Å². The van der Waals surface area contributed by atoms with E-state index >= 15 is 0 Å². The van der Waals surface area contributed by atoms with Crippen LogP contribution in [-0.2, 0) is 19.6 Å². The Labute approximate surface area is 172 Å². The zero-order valence-corrected chi connectivity index (χ0v) is 16.5. The second kappa shape index (κ2) is 9.28. The third kappa shape index (κ3) is 4.96. The van der Waals surface area contributed by atoms with Gasteiger partial charge in [0.05, 0.1) is 0 Å². The molecule has 0 unspecified atom stereocenters. The van der Waals surface area contributed by atoms with Gasteiger partial charge >= 0.3 is 6.03 Å². The van der Waals surface area contributed by atoms with E-state index in [1.165, 1.54) is 5.56 Å². The lowest BCUT2D eigenvalue weighted by Crippen LogP contribution is -2.40. The Balaban J connectivity index is 1.32. The quantitative estimate of drug-likeness (QED) is 0.645. The minimum absolute atomic E-state index is 0.0382. The van der Waals surface area contributed by atoms with E-state index in [-0.39, 0.29) is 6.03 Å². The minimum Gasteiger partial charge on any atom is -0.489 e. The fourth-order valence-electron chi connectivity index (χ4n) is 3.62. The monoisotopic (exact) mass is 386 g/mol. The predicted molar refractivity (Wildman–Crippen MR) is 116 cm³/mol. The van der Waals surface area contributed by atoms with Crippen molar-refractivity contribution in [2.45, 2.75) is 32.4 Å². The van der Waals surface area contributed by atoms with Crippen LogP contribution < -0.4 is 15.0 Å². The molecule has 3 aromatic carbocycles. The maximum Gasteiger partial charge on any atom is 0.322 e. The first-order valence-corrected chi connectivity index (χ1v) is 10.2. The van der Waals surface area contributed by atoms with E-state index in [1.54, 1.807) is 0 Å². The molecule has 4 rings (SSSR count). The number of carbonyl (C=O) groups excluding carboxylic acids is 1. The molecule has 0 spiro atoms. The Kier molecular flexibility index (Phi) is 6.10. The Morgan fingerprint density at radius 2 is 1.62 bits per heavy atom. The molecule has 0 saturated heterocycles. The third-order valence-electron chi connectivity index (χ3n) is 5.22. The number of anilines is 1. The van der Waals surface area contributed by atoms with Crippen molar-refractivity contribution in [1.29, 1.82) is 0 Å². The molecule has 0 aliphatic carbocycles. The summed E-state index contributed by atoms with van der Waals surface area (Å²) in [6.45, 7) is 1.80. The first-order chi connectivity index (χ1) is 14.3. The topological polar surface area (TPSA) is 41.6 Å². The van der Waals surface area contributed by atoms with Gasteiger partial charge in [-0.1, -0.05) is 60.7 Å². The van der Waals surface area contributed by atoms with E-state index in [9.17, 15) is 4.79 Å². The van der Waals surface area contributed by atoms with Gasteiger partial charge in [-0.15, -0.1) is 0 Å². The molecule has 1 aliphatic heterocycles. The standard InChI is InChI=1S/C25H26N2O2/c28-25(27-17-7-6-11-22-10-4-5-12-24(22)27)26-18-20-13-15-23(16-14-20)29-19-21-8-2-1-3-9-21/h1-5,8-10,12-16H,6-7,11,17-19H2,(H,26,28). The van der Waals surface area contributed by atoms with Crippen LogP contribution in [-0.4, -0.2) is 12.6 Å². The summed E-state index contributed by atoms with van der Waals surface area (Å²) >= 11 is 0. The first-order valence-electron chi connectivity index (χ1n) is 10.2. The predicted octanol–water partition coefficient (Wildman–Crippen LogP) is 5.32. The van der Waals surface area contributed by atoms with E-state index in [2.05, 4.69) is 11.4 Å². The van der Waals surface area contributed by atoms with Crippen LogP contribution in [0.5, 0.6) is 5.75 Å². The number of para-hydroxylation sites is 1. The SMILES string of the molecule is O=C(NCc1ccc(OCc2ccccc2)cc1)N1CCCCc2ccccc21. The molecule has 1 N–H and O–H groups in total. The molecule has 0 fully saturated rings. The van der Waals surface area contributed by atoms with E-state index in [0.29, 0.717) is 13.2 Å². The molecule has 4 heteroatoms. The number of rotatable bonds is 5. The van der Waals surface area contributed by atoms with Crippen molar-refractivity contribution in [3.05, 3.63) is 95.6 Å². The molecule has 0 radical (unpaired) electrons. The molecule has 1 aliphatic rings. The Hall–Kier alpha value is -3.27. The molecular formula is C25H26N2O2. The maximum atomic E-state index is 12.8. The van der Waals surface area contributed by atoms with Gasteiger partial charge in [0, 0.05) is 18.8 Å². The highest BCUT2D eigenvalue weighted by Gasteiger charge is 2.20. The Morgan fingerprint density at radius 1 is 0.862 bits per heavy atom. The summed E-state index contributed by atoms with van der Waals surface area (Å²) < 4.78 is 5.83. The molecule has 148 valence electrons. The number of ether oxygens (including phenoxy) is 1. The number of benzene rings is 3. The van der Waals surface area contributed by atoms with Crippen LogP contribution in [0.1, 0.15) is 29.5 Å². The number of aryl methyl sites for hydroxylation is 1. The summed E-state index contributed by atoms with van der Waals surface area (Å²) in [6, 6.07) is 26.2. The first kappa shape index (κ1) is 19.1. The number of carbonyl (C=O) groups is 1. The summed E-state index contributed by atoms with van der Waals surface area (Å²) in [5.74, 6) is 0.824. The van der Waals surface area contributed by atoms with Gasteiger partial charge in [0.2, 0.25) is 0 Å². The lowest BCUT2D eigenvalue weighted by Gasteiger charge is -2.23. The summed E-state index contributed by atoms with van der Waals surface area (Å²) in [6.07, 6.45) is 3.17. The van der Waals surface area contributed by atoms with Crippen LogP contribution in [0, 0.1) is 0 Å². The lowest BCUT2D eigenvalue weighted by molar-refractivity contribution is 0.246. The molecule has 0 aromatic heterocycles. The summed E-state index contributed by atoms with van der Waals surface area (Å²) in [5.41, 5.74) is 4.47. The van der Waals surface area contributed by atoms with E-state index in [0.717, 1.165) is 48.4 Å². The van der Waals surface area contributed by atoms with Crippen molar-refractivity contribution in [3.63, 3.8) is 0 Å².